The summed E-state index contributed by atoms with van der Waals surface area (Å²) in [6, 6.07) is 2.08. The third-order valence-corrected chi connectivity index (χ3v) is 5.26. The molecule has 0 nitrogen and oxygen atoms in total. The lowest BCUT2D eigenvalue weighted by molar-refractivity contribution is 0.804. The Bertz CT molecular complexity index is 275. The van der Waals surface area contributed by atoms with Gasteiger partial charge in [0.1, 0.15) is 3.82 Å². The lowest BCUT2D eigenvalue weighted by Gasteiger charge is -2.14. The summed E-state index contributed by atoms with van der Waals surface area (Å²) >= 11 is 6.92. The van der Waals surface area contributed by atoms with Crippen LogP contribution in [-0.4, -0.2) is 4.75 Å². The van der Waals surface area contributed by atoms with Crippen LogP contribution in [0.1, 0.15) is 20.8 Å². The molecular formula is C7H10S4. The van der Waals surface area contributed by atoms with Crippen molar-refractivity contribution in [1.29, 1.82) is 0 Å². The maximum absolute atomic E-state index is 5.04. The van der Waals surface area contributed by atoms with Crippen molar-refractivity contribution in [1.82, 2.24) is 0 Å². The molecule has 0 amide bonds. The van der Waals surface area contributed by atoms with Crippen molar-refractivity contribution < 1.29 is 0 Å². The largest absolute Gasteiger partial charge is 0.109 e. The highest BCUT2D eigenvalue weighted by atomic mass is 32.9. The van der Waals surface area contributed by atoms with Gasteiger partial charge in [-0.25, -0.2) is 0 Å². The van der Waals surface area contributed by atoms with Gasteiger partial charge in [0.2, 0.25) is 0 Å². The van der Waals surface area contributed by atoms with E-state index in [2.05, 4.69) is 26.8 Å². The normalized spacial score (nSPS) is 11.9. The zero-order valence-corrected chi connectivity index (χ0v) is 9.98. The molecule has 1 heterocycles. The number of rotatable bonds is 1. The van der Waals surface area contributed by atoms with Crippen molar-refractivity contribution >= 4 is 44.7 Å². The van der Waals surface area contributed by atoms with Crippen LogP contribution in [0.15, 0.2) is 10.3 Å². The molecular weight excluding hydrogens is 212 g/mol. The fraction of sp³-hybridized carbons (Fsp3) is 0.571. The van der Waals surface area contributed by atoms with Crippen LogP contribution >= 0.6 is 44.7 Å². The van der Waals surface area contributed by atoms with E-state index in [1.165, 1.54) is 4.21 Å². The van der Waals surface area contributed by atoms with Crippen molar-refractivity contribution in [3.05, 3.63) is 9.89 Å². The zero-order valence-electron chi connectivity index (χ0n) is 6.71. The van der Waals surface area contributed by atoms with Gasteiger partial charge >= 0.3 is 0 Å². The van der Waals surface area contributed by atoms with E-state index in [0.717, 1.165) is 3.82 Å². The molecule has 0 saturated carbocycles. The van der Waals surface area contributed by atoms with Gasteiger partial charge in [-0.05, 0) is 6.07 Å². The highest BCUT2D eigenvalue weighted by Gasteiger charge is 2.12. The van der Waals surface area contributed by atoms with E-state index in [4.69, 9.17) is 12.2 Å². The second kappa shape index (κ2) is 3.56. The fourth-order valence-corrected chi connectivity index (χ4v) is 4.85. The van der Waals surface area contributed by atoms with Gasteiger partial charge in [0.25, 0.3) is 0 Å². The van der Waals surface area contributed by atoms with Gasteiger partial charge in [0.05, 0.1) is 4.21 Å². The second-order valence-corrected chi connectivity index (χ2v) is 8.20. The Morgan fingerprint density at radius 2 is 2.00 bits per heavy atom. The summed E-state index contributed by atoms with van der Waals surface area (Å²) in [4.78, 5) is 0. The van der Waals surface area contributed by atoms with Crippen LogP contribution < -0.4 is 0 Å². The van der Waals surface area contributed by atoms with Gasteiger partial charge in [-0.3, -0.25) is 0 Å². The molecule has 0 aromatic carbocycles. The number of hydrogen-bond acceptors (Lipinski definition) is 4. The molecule has 0 saturated heterocycles. The van der Waals surface area contributed by atoms with Crippen molar-refractivity contribution in [3.63, 3.8) is 0 Å². The Hall–Kier alpha value is 0.620. The monoisotopic (exact) mass is 222 g/mol. The number of thioether (sulfide) groups is 1. The average molecular weight is 222 g/mol. The van der Waals surface area contributed by atoms with Crippen molar-refractivity contribution in [2.24, 2.45) is 0 Å². The fourth-order valence-electron chi connectivity index (χ4n) is 0.575. The summed E-state index contributed by atoms with van der Waals surface area (Å²) in [6.07, 6.45) is 0. The minimum Gasteiger partial charge on any atom is -0.109 e. The van der Waals surface area contributed by atoms with E-state index in [-0.39, 0.29) is 0 Å². The minimum atomic E-state index is 0.305. The van der Waals surface area contributed by atoms with Crippen LogP contribution in [0.3, 0.4) is 0 Å². The first-order valence-electron chi connectivity index (χ1n) is 3.26. The summed E-state index contributed by atoms with van der Waals surface area (Å²) in [5.74, 6) is 0. The summed E-state index contributed by atoms with van der Waals surface area (Å²) in [5, 5.41) is 0. The zero-order chi connectivity index (χ0) is 8.48. The highest BCUT2D eigenvalue weighted by Crippen LogP contribution is 2.36. The van der Waals surface area contributed by atoms with Crippen molar-refractivity contribution in [2.45, 2.75) is 29.7 Å². The summed E-state index contributed by atoms with van der Waals surface area (Å²) in [7, 11) is 3.46. The first kappa shape index (κ1) is 9.71. The smallest absolute Gasteiger partial charge is 0.103 e. The lowest BCUT2D eigenvalue weighted by atomic mass is 10.3. The summed E-state index contributed by atoms with van der Waals surface area (Å²) in [5.41, 5.74) is 0. The average Bonchev–Trinajstić information content (AvgIpc) is 2.10. The highest BCUT2D eigenvalue weighted by molar-refractivity contribution is 8.04. The third kappa shape index (κ3) is 3.69. The van der Waals surface area contributed by atoms with E-state index in [1.54, 1.807) is 20.7 Å². The van der Waals surface area contributed by atoms with Gasteiger partial charge < -0.3 is 0 Å². The molecule has 0 atom stereocenters. The Labute approximate surface area is 84.0 Å². The molecule has 0 aliphatic rings. The summed E-state index contributed by atoms with van der Waals surface area (Å²) in [6.45, 7) is 6.64. The molecule has 0 radical (unpaired) electrons. The SMILES string of the molecule is CC(C)(C)Sc1cc(=S)ss1. The van der Waals surface area contributed by atoms with Gasteiger partial charge in [-0.15, -0.1) is 11.8 Å². The van der Waals surface area contributed by atoms with Crippen LogP contribution in [0.25, 0.3) is 0 Å². The van der Waals surface area contributed by atoms with Gasteiger partial charge in [-0.1, -0.05) is 53.7 Å². The summed E-state index contributed by atoms with van der Waals surface area (Å²) < 4.78 is 2.65. The second-order valence-electron chi connectivity index (χ2n) is 3.16. The molecule has 1 rings (SSSR count). The van der Waals surface area contributed by atoms with Crippen LogP contribution in [0.4, 0.5) is 0 Å². The Morgan fingerprint density at radius 1 is 1.36 bits per heavy atom. The molecule has 1 aromatic rings. The van der Waals surface area contributed by atoms with Crippen LogP contribution in [-0.2, 0) is 0 Å². The van der Waals surface area contributed by atoms with E-state index in [1.807, 2.05) is 11.8 Å². The van der Waals surface area contributed by atoms with Crippen LogP contribution in [0.2, 0.25) is 0 Å². The standard InChI is InChI=1S/C7H10S4/c1-7(2,3)9-6-4-5(8)10-11-6/h4H,1-3H3. The maximum atomic E-state index is 5.04. The van der Waals surface area contributed by atoms with E-state index in [0.29, 0.717) is 4.75 Å². The predicted molar refractivity (Wildman–Crippen MR) is 58.6 cm³/mol. The molecule has 0 unspecified atom stereocenters. The Morgan fingerprint density at radius 3 is 2.36 bits per heavy atom. The molecule has 0 fully saturated rings. The number of hydrogen-bond donors (Lipinski definition) is 0. The topological polar surface area (TPSA) is 0 Å². The van der Waals surface area contributed by atoms with Crippen LogP contribution in [0.5, 0.6) is 0 Å². The van der Waals surface area contributed by atoms with E-state index >= 15 is 0 Å². The van der Waals surface area contributed by atoms with Crippen LogP contribution in [0, 0.1) is 3.82 Å². The first-order valence-corrected chi connectivity index (χ1v) is 6.64. The van der Waals surface area contributed by atoms with Crippen molar-refractivity contribution in [2.75, 3.05) is 0 Å². The molecule has 11 heavy (non-hydrogen) atoms. The first-order chi connectivity index (χ1) is 4.97. The van der Waals surface area contributed by atoms with Gasteiger partial charge in [0.15, 0.2) is 0 Å². The predicted octanol–water partition coefficient (Wildman–Crippen LogP) is 4.43. The quantitative estimate of drug-likeness (QED) is 0.392. The molecule has 62 valence electrons. The molecule has 0 N–H and O–H groups in total. The molecule has 0 bridgehead atoms. The van der Waals surface area contributed by atoms with Gasteiger partial charge in [0, 0.05) is 4.75 Å². The maximum Gasteiger partial charge on any atom is 0.103 e. The van der Waals surface area contributed by atoms with Crippen molar-refractivity contribution in [3.8, 4) is 0 Å². The molecule has 0 spiro atoms. The lowest BCUT2D eigenvalue weighted by Crippen LogP contribution is -2.05. The Balaban J connectivity index is 2.73. The third-order valence-electron chi connectivity index (χ3n) is 0.848. The van der Waals surface area contributed by atoms with E-state index in [9.17, 15) is 0 Å². The van der Waals surface area contributed by atoms with E-state index < -0.39 is 0 Å². The minimum absolute atomic E-state index is 0.305. The molecule has 0 aliphatic heterocycles. The molecule has 1 aromatic heterocycles. The molecule has 4 heteroatoms. The molecule has 0 aliphatic carbocycles. The Kier molecular flexibility index (Phi) is 3.14. The van der Waals surface area contributed by atoms with Gasteiger partial charge in [-0.2, -0.15) is 0 Å².